The van der Waals surface area contributed by atoms with Crippen molar-refractivity contribution in [2.75, 3.05) is 13.1 Å². The van der Waals surface area contributed by atoms with E-state index in [-0.39, 0.29) is 11.2 Å². The standard InChI is InChI=1S/C14H20N2O/c1-10(2)14(4-5-15-9-14)13(17)12-6-11(3)7-16-8-12/h6-8,10,15H,4-5,9H2,1-3H3. The van der Waals surface area contributed by atoms with Crippen molar-refractivity contribution in [1.82, 2.24) is 10.3 Å². The highest BCUT2D eigenvalue weighted by Gasteiger charge is 2.44. The highest BCUT2D eigenvalue weighted by atomic mass is 16.1. The fraction of sp³-hybridized carbons (Fsp3) is 0.571. The monoisotopic (exact) mass is 232 g/mol. The maximum atomic E-state index is 12.7. The number of nitrogens with zero attached hydrogens (tertiary/aromatic N) is 1. The molecule has 3 heteroatoms. The maximum Gasteiger partial charge on any atom is 0.172 e. The van der Waals surface area contributed by atoms with E-state index in [1.54, 1.807) is 12.4 Å². The van der Waals surface area contributed by atoms with Crippen LogP contribution in [0.4, 0.5) is 0 Å². The molecule has 1 unspecified atom stereocenters. The van der Waals surface area contributed by atoms with Crippen LogP contribution in [0.3, 0.4) is 0 Å². The summed E-state index contributed by atoms with van der Waals surface area (Å²) in [5.41, 5.74) is 1.55. The highest BCUT2D eigenvalue weighted by Crippen LogP contribution is 2.37. The van der Waals surface area contributed by atoms with E-state index >= 15 is 0 Å². The number of aryl methyl sites for hydroxylation is 1. The normalized spacial score (nSPS) is 24.2. The van der Waals surface area contributed by atoms with Crippen molar-refractivity contribution in [3.63, 3.8) is 0 Å². The van der Waals surface area contributed by atoms with E-state index in [4.69, 9.17) is 0 Å². The van der Waals surface area contributed by atoms with E-state index in [0.717, 1.165) is 30.6 Å². The van der Waals surface area contributed by atoms with Gasteiger partial charge in [-0.2, -0.15) is 0 Å². The second-order valence-corrected chi connectivity index (χ2v) is 5.32. The third-order valence-corrected chi connectivity index (χ3v) is 3.88. The molecule has 1 aliphatic heterocycles. The number of ketones is 1. The van der Waals surface area contributed by atoms with Crippen molar-refractivity contribution in [2.24, 2.45) is 11.3 Å². The molecule has 0 aromatic carbocycles. The van der Waals surface area contributed by atoms with Crippen LogP contribution in [0.2, 0.25) is 0 Å². The van der Waals surface area contributed by atoms with E-state index in [2.05, 4.69) is 24.1 Å². The molecule has 92 valence electrons. The molecule has 0 saturated carbocycles. The number of hydrogen-bond acceptors (Lipinski definition) is 3. The number of pyridine rings is 1. The van der Waals surface area contributed by atoms with Crippen molar-refractivity contribution in [3.05, 3.63) is 29.6 Å². The average molecular weight is 232 g/mol. The van der Waals surface area contributed by atoms with Gasteiger partial charge in [0, 0.05) is 29.9 Å². The number of aromatic nitrogens is 1. The molecule has 1 aromatic rings. The lowest BCUT2D eigenvalue weighted by atomic mass is 9.71. The minimum absolute atomic E-state index is 0.241. The van der Waals surface area contributed by atoms with Crippen LogP contribution in [-0.4, -0.2) is 23.9 Å². The van der Waals surface area contributed by atoms with Gasteiger partial charge in [-0.15, -0.1) is 0 Å². The van der Waals surface area contributed by atoms with Gasteiger partial charge in [0.1, 0.15) is 0 Å². The largest absolute Gasteiger partial charge is 0.316 e. The number of Topliss-reactive ketones (excluding diaryl/α,β-unsaturated/α-hetero) is 1. The van der Waals surface area contributed by atoms with Crippen LogP contribution in [-0.2, 0) is 0 Å². The molecular weight excluding hydrogens is 212 g/mol. The van der Waals surface area contributed by atoms with Crippen LogP contribution >= 0.6 is 0 Å². The molecule has 1 saturated heterocycles. The minimum Gasteiger partial charge on any atom is -0.316 e. The number of hydrogen-bond donors (Lipinski definition) is 1. The topological polar surface area (TPSA) is 42.0 Å². The summed E-state index contributed by atoms with van der Waals surface area (Å²) in [6.45, 7) is 7.96. The summed E-state index contributed by atoms with van der Waals surface area (Å²) >= 11 is 0. The lowest BCUT2D eigenvalue weighted by Crippen LogP contribution is -2.38. The first-order valence-corrected chi connectivity index (χ1v) is 6.23. The van der Waals surface area contributed by atoms with Gasteiger partial charge < -0.3 is 5.32 Å². The number of carbonyl (C=O) groups is 1. The van der Waals surface area contributed by atoms with Crippen LogP contribution in [0.25, 0.3) is 0 Å². The molecule has 1 fully saturated rings. The Morgan fingerprint density at radius 3 is 2.76 bits per heavy atom. The summed E-state index contributed by atoms with van der Waals surface area (Å²) in [5.74, 6) is 0.596. The number of nitrogens with one attached hydrogen (secondary N) is 1. The van der Waals surface area contributed by atoms with E-state index in [1.807, 2.05) is 13.0 Å². The Labute approximate surface area is 103 Å². The maximum absolute atomic E-state index is 12.7. The molecule has 0 amide bonds. The molecule has 1 atom stereocenters. The fourth-order valence-corrected chi connectivity index (χ4v) is 2.63. The summed E-state index contributed by atoms with van der Waals surface area (Å²) in [4.78, 5) is 16.8. The van der Waals surface area contributed by atoms with E-state index in [9.17, 15) is 4.79 Å². The molecule has 2 rings (SSSR count). The number of carbonyl (C=O) groups excluding carboxylic acids is 1. The average Bonchev–Trinajstić information content (AvgIpc) is 2.78. The van der Waals surface area contributed by atoms with Gasteiger partial charge in [0.05, 0.1) is 0 Å². The fourth-order valence-electron chi connectivity index (χ4n) is 2.63. The molecule has 0 bridgehead atoms. The Morgan fingerprint density at radius 1 is 1.47 bits per heavy atom. The summed E-state index contributed by atoms with van der Waals surface area (Å²) in [6.07, 6.45) is 4.40. The minimum atomic E-state index is -0.241. The second kappa shape index (κ2) is 4.57. The zero-order chi connectivity index (χ0) is 12.5. The Morgan fingerprint density at radius 2 is 2.24 bits per heavy atom. The predicted octanol–water partition coefficient (Wildman–Crippen LogP) is 2.21. The van der Waals surface area contributed by atoms with Gasteiger partial charge in [0.2, 0.25) is 0 Å². The molecule has 1 aliphatic rings. The van der Waals surface area contributed by atoms with Gasteiger partial charge in [-0.1, -0.05) is 13.8 Å². The molecule has 1 aromatic heterocycles. The Balaban J connectivity index is 2.35. The third-order valence-electron chi connectivity index (χ3n) is 3.88. The predicted molar refractivity (Wildman–Crippen MR) is 68.1 cm³/mol. The van der Waals surface area contributed by atoms with Gasteiger partial charge in [-0.05, 0) is 37.4 Å². The zero-order valence-corrected chi connectivity index (χ0v) is 10.8. The Hall–Kier alpha value is -1.22. The Bertz CT molecular complexity index is 420. The summed E-state index contributed by atoms with van der Waals surface area (Å²) in [7, 11) is 0. The first-order chi connectivity index (χ1) is 8.06. The van der Waals surface area contributed by atoms with Crippen molar-refractivity contribution < 1.29 is 4.79 Å². The van der Waals surface area contributed by atoms with E-state index < -0.39 is 0 Å². The molecule has 2 heterocycles. The van der Waals surface area contributed by atoms with Gasteiger partial charge >= 0.3 is 0 Å². The SMILES string of the molecule is Cc1cncc(C(=O)C2(C(C)C)CCNC2)c1. The van der Waals surface area contributed by atoms with Gasteiger partial charge in [-0.25, -0.2) is 0 Å². The molecule has 17 heavy (non-hydrogen) atoms. The second-order valence-electron chi connectivity index (χ2n) is 5.32. The summed E-state index contributed by atoms with van der Waals surface area (Å²) in [5, 5.41) is 3.32. The quantitative estimate of drug-likeness (QED) is 0.812. The third kappa shape index (κ3) is 2.12. The Kier molecular flexibility index (Phi) is 3.29. The van der Waals surface area contributed by atoms with Crippen LogP contribution < -0.4 is 5.32 Å². The van der Waals surface area contributed by atoms with E-state index in [1.165, 1.54) is 0 Å². The van der Waals surface area contributed by atoms with Crippen molar-refractivity contribution in [1.29, 1.82) is 0 Å². The summed E-state index contributed by atoms with van der Waals surface area (Å²) in [6, 6.07) is 1.94. The van der Waals surface area contributed by atoms with Crippen molar-refractivity contribution >= 4 is 5.78 Å². The van der Waals surface area contributed by atoms with Crippen LogP contribution in [0.5, 0.6) is 0 Å². The number of rotatable bonds is 3. The van der Waals surface area contributed by atoms with Gasteiger partial charge in [-0.3, -0.25) is 9.78 Å². The van der Waals surface area contributed by atoms with E-state index in [0.29, 0.717) is 5.92 Å². The summed E-state index contributed by atoms with van der Waals surface area (Å²) < 4.78 is 0. The van der Waals surface area contributed by atoms with Crippen LogP contribution in [0.15, 0.2) is 18.5 Å². The molecule has 0 aliphatic carbocycles. The molecule has 3 nitrogen and oxygen atoms in total. The van der Waals surface area contributed by atoms with Crippen LogP contribution in [0, 0.1) is 18.3 Å². The van der Waals surface area contributed by atoms with Crippen LogP contribution in [0.1, 0.15) is 36.2 Å². The van der Waals surface area contributed by atoms with Crippen molar-refractivity contribution in [2.45, 2.75) is 27.2 Å². The highest BCUT2D eigenvalue weighted by molar-refractivity contribution is 6.01. The lowest BCUT2D eigenvalue weighted by Gasteiger charge is -2.31. The zero-order valence-electron chi connectivity index (χ0n) is 10.8. The molecule has 0 radical (unpaired) electrons. The van der Waals surface area contributed by atoms with Crippen molar-refractivity contribution in [3.8, 4) is 0 Å². The molecule has 1 N–H and O–H groups in total. The van der Waals surface area contributed by atoms with Gasteiger partial charge in [0.25, 0.3) is 0 Å². The molecule has 0 spiro atoms. The first-order valence-electron chi connectivity index (χ1n) is 6.23. The smallest absolute Gasteiger partial charge is 0.172 e. The lowest BCUT2D eigenvalue weighted by molar-refractivity contribution is 0.0739. The first kappa shape index (κ1) is 12.2. The van der Waals surface area contributed by atoms with Gasteiger partial charge in [0.15, 0.2) is 5.78 Å². The molecular formula is C14H20N2O.